The number of imidazole rings is 1. The average Bonchev–Trinajstić information content (AvgIpc) is 3.41. The number of methoxy groups -OCH3 is 3. The number of nitrogens with zero attached hydrogens (tertiary/aromatic N) is 1. The molecule has 0 bridgehead atoms. The molecule has 0 unspecified atom stereocenters. The molecule has 4 aromatic rings. The Labute approximate surface area is 293 Å². The number of carbonyl (C=O) groups excluding carboxylic acids is 2. The van der Waals surface area contributed by atoms with Gasteiger partial charge in [-0.05, 0) is 71.7 Å². The van der Waals surface area contributed by atoms with Crippen molar-refractivity contribution in [2.75, 3.05) is 26.6 Å². The molecule has 266 valence electrons. The van der Waals surface area contributed by atoms with Crippen LogP contribution in [0.2, 0.25) is 0 Å². The van der Waals surface area contributed by atoms with E-state index in [1.54, 1.807) is 33.5 Å². The molecule has 1 heterocycles. The average molecular weight is 684 g/mol. The van der Waals surface area contributed by atoms with Crippen molar-refractivity contribution in [3.05, 3.63) is 75.7 Å². The molecule has 11 heteroatoms. The van der Waals surface area contributed by atoms with Gasteiger partial charge in [0.2, 0.25) is 23.0 Å². The number of benzene rings is 2. The topological polar surface area (TPSA) is 144 Å². The molecule has 0 radical (unpaired) electrons. The Morgan fingerprint density at radius 3 is 2.32 bits per heavy atom. The number of hydrogen-bond donors (Lipinski definition) is 4. The summed E-state index contributed by atoms with van der Waals surface area (Å²) in [4.78, 5) is 48.9. The molecular weight excluding hydrogens is 634 g/mol. The third-order valence-corrected chi connectivity index (χ3v) is 9.94. The van der Waals surface area contributed by atoms with Crippen molar-refractivity contribution < 1.29 is 23.8 Å². The summed E-state index contributed by atoms with van der Waals surface area (Å²) >= 11 is 0. The molecule has 0 saturated carbocycles. The zero-order valence-electron chi connectivity index (χ0n) is 30.2. The number of anilines is 1. The molecule has 5 rings (SSSR count). The highest BCUT2D eigenvalue weighted by Crippen LogP contribution is 2.50. The zero-order chi connectivity index (χ0) is 36.1. The summed E-state index contributed by atoms with van der Waals surface area (Å²) in [6.45, 7) is 9.65. The molecule has 11 nitrogen and oxygen atoms in total. The molecule has 0 fully saturated rings. The number of ether oxygens (including phenoxy) is 3. The van der Waals surface area contributed by atoms with Crippen LogP contribution < -0.4 is 35.6 Å². The van der Waals surface area contributed by atoms with Crippen LogP contribution in [0.3, 0.4) is 0 Å². The molecule has 1 aromatic heterocycles. The number of amides is 2. The van der Waals surface area contributed by atoms with Gasteiger partial charge in [0.15, 0.2) is 11.5 Å². The van der Waals surface area contributed by atoms with Gasteiger partial charge < -0.3 is 35.1 Å². The van der Waals surface area contributed by atoms with Crippen LogP contribution >= 0.6 is 0 Å². The fraction of sp³-hybridized carbons (Fsp3) is 0.436. The van der Waals surface area contributed by atoms with Crippen LogP contribution in [0.15, 0.2) is 53.3 Å². The van der Waals surface area contributed by atoms with Gasteiger partial charge in [-0.15, -0.1) is 0 Å². The van der Waals surface area contributed by atoms with E-state index >= 15 is 0 Å². The number of aryl methyl sites for hydroxylation is 1. The number of aromatic amines is 1. The molecule has 2 amide bonds. The number of hydrogen-bond acceptors (Lipinski definition) is 8. The van der Waals surface area contributed by atoms with Crippen LogP contribution in [0.25, 0.3) is 22.2 Å². The third-order valence-electron chi connectivity index (χ3n) is 9.94. The van der Waals surface area contributed by atoms with Gasteiger partial charge in [0.1, 0.15) is 11.9 Å². The van der Waals surface area contributed by atoms with Crippen molar-refractivity contribution in [1.82, 2.24) is 20.6 Å². The first-order valence-corrected chi connectivity index (χ1v) is 17.3. The van der Waals surface area contributed by atoms with Crippen molar-refractivity contribution in [2.45, 2.75) is 78.4 Å². The lowest BCUT2D eigenvalue weighted by Gasteiger charge is -2.28. The van der Waals surface area contributed by atoms with Gasteiger partial charge in [-0.25, -0.2) is 4.98 Å². The Bertz CT molecular complexity index is 1890. The molecule has 0 aliphatic heterocycles. The second kappa shape index (κ2) is 15.7. The molecule has 1 aliphatic carbocycles. The Morgan fingerprint density at radius 2 is 1.68 bits per heavy atom. The van der Waals surface area contributed by atoms with E-state index in [0.29, 0.717) is 53.5 Å². The predicted octanol–water partition coefficient (Wildman–Crippen LogP) is 6.47. The van der Waals surface area contributed by atoms with Crippen molar-refractivity contribution in [2.24, 2.45) is 11.8 Å². The second-order valence-electron chi connectivity index (χ2n) is 13.1. The Hall–Kier alpha value is -5.06. The standard InChI is InChI=1S/C39H49N5O6/c1-9-21(3)34(38-42-28-13-11-12-14-29(28)43-38)44-39(47)35(22(4)10-2)41-30-18-16-25-26(20-31(30)46)27(40-23(5)45)17-15-24-19-32(48-6)36(49-7)37(50-8)33(24)25/h11-14,16,18-22,27,34-35H,9-10,15,17H2,1-8H3,(H,40,45)(H,41,46)(H,42,43)(H,44,47)/t21-,22+,27-,34-,35-/m0/s1. The van der Waals surface area contributed by atoms with Crippen LogP contribution in [-0.2, 0) is 16.0 Å². The number of aromatic nitrogens is 2. The quantitative estimate of drug-likeness (QED) is 0.126. The Morgan fingerprint density at radius 1 is 0.960 bits per heavy atom. The minimum atomic E-state index is -0.719. The van der Waals surface area contributed by atoms with Crippen LogP contribution in [0.4, 0.5) is 5.69 Å². The Balaban J connectivity index is 1.58. The maximum atomic E-state index is 14.2. The van der Waals surface area contributed by atoms with Gasteiger partial charge in [0.25, 0.3) is 0 Å². The minimum Gasteiger partial charge on any atom is -0.493 e. The lowest BCUT2D eigenvalue weighted by molar-refractivity contribution is -0.124. The first-order valence-electron chi connectivity index (χ1n) is 17.3. The summed E-state index contributed by atoms with van der Waals surface area (Å²) in [5, 5.41) is 9.63. The number of para-hydroxylation sites is 2. The number of rotatable bonds is 13. The van der Waals surface area contributed by atoms with E-state index in [1.165, 1.54) is 6.92 Å². The van der Waals surface area contributed by atoms with Crippen molar-refractivity contribution in [1.29, 1.82) is 0 Å². The monoisotopic (exact) mass is 683 g/mol. The molecule has 5 atom stereocenters. The van der Waals surface area contributed by atoms with Gasteiger partial charge >= 0.3 is 0 Å². The van der Waals surface area contributed by atoms with E-state index in [9.17, 15) is 14.4 Å². The van der Waals surface area contributed by atoms with Gasteiger partial charge in [-0.2, -0.15) is 0 Å². The fourth-order valence-electron chi connectivity index (χ4n) is 6.78. The zero-order valence-corrected chi connectivity index (χ0v) is 30.2. The SMILES string of the molecule is CC[C@@H](C)[C@H](Nc1ccc2c(cc1=O)[C@@H](NC(C)=O)CCc1cc(OC)c(OC)c(OC)c1-2)C(=O)N[C@H](c1nc2ccccc2[nH]1)[C@@H](C)CC. The molecule has 1 aliphatic rings. The van der Waals surface area contributed by atoms with E-state index in [1.807, 2.05) is 50.2 Å². The molecular formula is C39H49N5O6. The third kappa shape index (κ3) is 7.27. The first kappa shape index (κ1) is 36.2. The second-order valence-corrected chi connectivity index (χ2v) is 13.1. The predicted molar refractivity (Wildman–Crippen MR) is 196 cm³/mol. The smallest absolute Gasteiger partial charge is 0.243 e. The van der Waals surface area contributed by atoms with Crippen LogP contribution in [0.5, 0.6) is 17.2 Å². The number of carbonyl (C=O) groups is 2. The maximum Gasteiger partial charge on any atom is 0.243 e. The van der Waals surface area contributed by atoms with E-state index in [2.05, 4.69) is 34.8 Å². The molecule has 50 heavy (non-hydrogen) atoms. The van der Waals surface area contributed by atoms with Crippen LogP contribution in [0, 0.1) is 11.8 Å². The summed E-state index contributed by atoms with van der Waals surface area (Å²) < 4.78 is 17.3. The largest absolute Gasteiger partial charge is 0.493 e. The highest BCUT2D eigenvalue weighted by Gasteiger charge is 2.32. The molecule has 0 saturated heterocycles. The lowest BCUT2D eigenvalue weighted by atomic mass is 9.95. The van der Waals surface area contributed by atoms with E-state index in [4.69, 9.17) is 19.2 Å². The summed E-state index contributed by atoms with van der Waals surface area (Å²) in [6, 6.07) is 13.3. The van der Waals surface area contributed by atoms with Gasteiger partial charge in [-0.3, -0.25) is 14.4 Å². The van der Waals surface area contributed by atoms with E-state index in [0.717, 1.165) is 28.6 Å². The van der Waals surface area contributed by atoms with E-state index < -0.39 is 12.1 Å². The summed E-state index contributed by atoms with van der Waals surface area (Å²) in [6.07, 6.45) is 2.66. The number of nitrogens with one attached hydrogen (secondary N) is 4. The van der Waals surface area contributed by atoms with Crippen LogP contribution in [0.1, 0.15) is 82.9 Å². The molecule has 4 N–H and O–H groups in total. The number of H-pyrrole nitrogens is 1. The highest BCUT2D eigenvalue weighted by atomic mass is 16.5. The maximum absolute atomic E-state index is 14.2. The molecule has 0 spiro atoms. The first-order chi connectivity index (χ1) is 24.0. The summed E-state index contributed by atoms with van der Waals surface area (Å²) in [7, 11) is 4.69. The van der Waals surface area contributed by atoms with Gasteiger partial charge in [0.05, 0.1) is 50.1 Å². The van der Waals surface area contributed by atoms with Crippen molar-refractivity contribution in [3.8, 4) is 28.4 Å². The van der Waals surface area contributed by atoms with Gasteiger partial charge in [0, 0.05) is 12.5 Å². The number of fused-ring (bicyclic) bond motifs is 4. The summed E-state index contributed by atoms with van der Waals surface area (Å²) in [5.41, 5.74) is 4.75. The van der Waals surface area contributed by atoms with Crippen molar-refractivity contribution >= 4 is 28.5 Å². The Kier molecular flexibility index (Phi) is 11.3. The highest BCUT2D eigenvalue weighted by molar-refractivity contribution is 5.87. The van der Waals surface area contributed by atoms with E-state index in [-0.39, 0.29) is 40.8 Å². The summed E-state index contributed by atoms with van der Waals surface area (Å²) in [5.74, 6) is 1.66. The van der Waals surface area contributed by atoms with Crippen LogP contribution in [-0.4, -0.2) is 49.2 Å². The normalized spacial score (nSPS) is 16.1. The van der Waals surface area contributed by atoms with Gasteiger partial charge in [-0.1, -0.05) is 58.7 Å². The molecule has 3 aromatic carbocycles. The fourth-order valence-corrected chi connectivity index (χ4v) is 6.78. The lowest BCUT2D eigenvalue weighted by Crippen LogP contribution is -2.46. The minimum absolute atomic E-state index is 0.0914. The van der Waals surface area contributed by atoms with Crippen molar-refractivity contribution in [3.63, 3.8) is 0 Å².